The molecule has 1 aromatic carbocycles. The zero-order valence-corrected chi connectivity index (χ0v) is 17.1. The lowest BCUT2D eigenvalue weighted by molar-refractivity contribution is 0.0418. The number of nitrogens with zero attached hydrogens (tertiary/aromatic N) is 1. The Labute approximate surface area is 158 Å². The minimum absolute atomic E-state index is 0. The van der Waals surface area contributed by atoms with Crippen molar-refractivity contribution in [1.29, 1.82) is 0 Å². The lowest BCUT2D eigenvalue weighted by Crippen LogP contribution is -2.41. The van der Waals surface area contributed by atoms with Gasteiger partial charge in [-0.15, -0.1) is 24.0 Å². The van der Waals surface area contributed by atoms with Crippen LogP contribution in [0.3, 0.4) is 0 Å². The van der Waals surface area contributed by atoms with Gasteiger partial charge in [0.25, 0.3) is 0 Å². The fourth-order valence-electron chi connectivity index (χ4n) is 2.19. The van der Waals surface area contributed by atoms with Crippen LogP contribution in [0, 0.1) is 0 Å². The van der Waals surface area contributed by atoms with Crippen molar-refractivity contribution in [1.82, 2.24) is 10.6 Å². The summed E-state index contributed by atoms with van der Waals surface area (Å²) in [7, 11) is 0. The van der Waals surface area contributed by atoms with E-state index in [-0.39, 0.29) is 24.0 Å². The zero-order chi connectivity index (χ0) is 16.4. The van der Waals surface area contributed by atoms with Gasteiger partial charge in [-0.1, -0.05) is 51.1 Å². The van der Waals surface area contributed by atoms with Gasteiger partial charge in [-0.25, -0.2) is 0 Å². The molecule has 0 bridgehead atoms. The van der Waals surface area contributed by atoms with Crippen molar-refractivity contribution in [2.24, 2.45) is 4.99 Å². The third-order valence-corrected chi connectivity index (χ3v) is 4.14. The van der Waals surface area contributed by atoms with Crippen LogP contribution >= 0.6 is 24.0 Å². The number of nitrogens with one attached hydrogen (secondary N) is 2. The van der Waals surface area contributed by atoms with Gasteiger partial charge in [-0.05, 0) is 31.2 Å². The van der Waals surface area contributed by atoms with Crippen molar-refractivity contribution in [3.63, 3.8) is 0 Å². The predicted molar refractivity (Wildman–Crippen MR) is 110 cm³/mol. The molecule has 0 fully saturated rings. The first-order valence-corrected chi connectivity index (χ1v) is 8.34. The Morgan fingerprint density at radius 3 is 2.26 bits per heavy atom. The molecule has 0 spiro atoms. The Hall–Kier alpha value is -0.820. The van der Waals surface area contributed by atoms with Gasteiger partial charge in [-0.3, -0.25) is 4.99 Å². The van der Waals surface area contributed by atoms with Crippen LogP contribution in [0.1, 0.15) is 52.0 Å². The third-order valence-electron chi connectivity index (χ3n) is 4.14. The monoisotopic (exact) mass is 433 g/mol. The number of guanidine groups is 1. The van der Waals surface area contributed by atoms with Crippen LogP contribution in [0.4, 0.5) is 0 Å². The van der Waals surface area contributed by atoms with Crippen LogP contribution in [0.25, 0.3) is 0 Å². The van der Waals surface area contributed by atoms with E-state index in [1.807, 2.05) is 26.8 Å². The molecule has 0 aliphatic carbocycles. The number of rotatable bonds is 8. The van der Waals surface area contributed by atoms with Gasteiger partial charge in [0.2, 0.25) is 0 Å². The second-order valence-electron chi connectivity index (χ2n) is 5.82. The van der Waals surface area contributed by atoms with E-state index in [0.29, 0.717) is 25.3 Å². The number of aliphatic hydroxyl groups is 1. The SMILES string of the molecule is CCNC(=NCC(O)(CC)CC)NCC(C)c1ccccc1.I. The molecule has 0 saturated heterocycles. The number of aliphatic imine (C=N–C) groups is 1. The Balaban J connectivity index is 0.00000484. The number of halogens is 1. The van der Waals surface area contributed by atoms with Crippen LogP contribution in [-0.4, -0.2) is 36.3 Å². The molecule has 132 valence electrons. The van der Waals surface area contributed by atoms with Gasteiger partial charge in [0.1, 0.15) is 0 Å². The second-order valence-corrected chi connectivity index (χ2v) is 5.82. The molecule has 4 nitrogen and oxygen atoms in total. The van der Waals surface area contributed by atoms with Gasteiger partial charge >= 0.3 is 0 Å². The fourth-order valence-corrected chi connectivity index (χ4v) is 2.19. The Morgan fingerprint density at radius 2 is 1.74 bits per heavy atom. The van der Waals surface area contributed by atoms with Gasteiger partial charge < -0.3 is 15.7 Å². The molecule has 0 aliphatic heterocycles. The van der Waals surface area contributed by atoms with Gasteiger partial charge in [0, 0.05) is 13.1 Å². The summed E-state index contributed by atoms with van der Waals surface area (Å²) in [4.78, 5) is 4.54. The molecule has 0 heterocycles. The van der Waals surface area contributed by atoms with Crippen molar-refractivity contribution in [3.05, 3.63) is 35.9 Å². The Kier molecular flexibility index (Phi) is 11.3. The lowest BCUT2D eigenvalue weighted by Gasteiger charge is -2.24. The molecule has 0 radical (unpaired) electrons. The fraction of sp³-hybridized carbons (Fsp3) is 0.611. The average Bonchev–Trinajstić information content (AvgIpc) is 2.57. The zero-order valence-electron chi connectivity index (χ0n) is 14.8. The Bertz CT molecular complexity index is 447. The summed E-state index contributed by atoms with van der Waals surface area (Å²) in [5.74, 6) is 1.17. The normalized spacial score (nSPS) is 13.2. The molecular weight excluding hydrogens is 401 g/mol. The minimum atomic E-state index is -0.701. The second kappa shape index (κ2) is 11.7. The lowest BCUT2D eigenvalue weighted by atomic mass is 9.98. The van der Waals surface area contributed by atoms with Crippen molar-refractivity contribution in [3.8, 4) is 0 Å². The van der Waals surface area contributed by atoms with E-state index in [1.165, 1.54) is 5.56 Å². The van der Waals surface area contributed by atoms with Crippen LogP contribution in [0.15, 0.2) is 35.3 Å². The van der Waals surface area contributed by atoms with Crippen molar-refractivity contribution < 1.29 is 5.11 Å². The number of hydrogen-bond acceptors (Lipinski definition) is 2. The maximum absolute atomic E-state index is 10.3. The quantitative estimate of drug-likeness (QED) is 0.334. The number of benzene rings is 1. The van der Waals surface area contributed by atoms with E-state index < -0.39 is 5.60 Å². The molecule has 3 N–H and O–H groups in total. The summed E-state index contributed by atoms with van der Waals surface area (Å²) in [5, 5.41) is 16.9. The van der Waals surface area contributed by atoms with Gasteiger partial charge in [-0.2, -0.15) is 0 Å². The maximum Gasteiger partial charge on any atom is 0.191 e. The predicted octanol–water partition coefficient (Wildman–Crippen LogP) is 3.51. The summed E-state index contributed by atoms with van der Waals surface area (Å²) < 4.78 is 0. The Morgan fingerprint density at radius 1 is 1.13 bits per heavy atom. The highest BCUT2D eigenvalue weighted by Crippen LogP contribution is 2.15. The highest BCUT2D eigenvalue weighted by molar-refractivity contribution is 14.0. The van der Waals surface area contributed by atoms with Crippen molar-refractivity contribution in [2.75, 3.05) is 19.6 Å². The highest BCUT2D eigenvalue weighted by Gasteiger charge is 2.21. The summed E-state index contributed by atoms with van der Waals surface area (Å²) in [6.07, 6.45) is 1.43. The van der Waals surface area contributed by atoms with E-state index >= 15 is 0 Å². The molecular formula is C18H32IN3O. The number of hydrogen-bond donors (Lipinski definition) is 3. The standard InChI is InChI=1S/C18H31N3O.HI/c1-5-18(22,6-2)14-21-17(19-7-3)20-13-15(4)16-11-9-8-10-12-16;/h8-12,15,22H,5-7,13-14H2,1-4H3,(H2,19,20,21);1H. The topological polar surface area (TPSA) is 56.7 Å². The highest BCUT2D eigenvalue weighted by atomic mass is 127. The molecule has 0 saturated carbocycles. The molecule has 23 heavy (non-hydrogen) atoms. The van der Waals surface area contributed by atoms with E-state index in [1.54, 1.807) is 0 Å². The first-order chi connectivity index (χ1) is 10.5. The van der Waals surface area contributed by atoms with E-state index in [0.717, 1.165) is 19.0 Å². The summed E-state index contributed by atoms with van der Waals surface area (Å²) in [6, 6.07) is 10.4. The van der Waals surface area contributed by atoms with Crippen LogP contribution in [-0.2, 0) is 0 Å². The van der Waals surface area contributed by atoms with Crippen molar-refractivity contribution >= 4 is 29.9 Å². The first kappa shape index (κ1) is 22.2. The maximum atomic E-state index is 10.3. The van der Waals surface area contributed by atoms with Crippen LogP contribution in [0.5, 0.6) is 0 Å². The summed E-state index contributed by atoms with van der Waals surface area (Å²) in [6.45, 7) is 10.3. The van der Waals surface area contributed by atoms with Gasteiger partial charge in [0.05, 0.1) is 12.1 Å². The summed E-state index contributed by atoms with van der Waals surface area (Å²) in [5.41, 5.74) is 0.609. The smallest absolute Gasteiger partial charge is 0.191 e. The molecule has 0 aromatic heterocycles. The largest absolute Gasteiger partial charge is 0.388 e. The molecule has 1 rings (SSSR count). The van der Waals surface area contributed by atoms with Crippen molar-refractivity contribution in [2.45, 2.75) is 52.1 Å². The first-order valence-electron chi connectivity index (χ1n) is 8.34. The van der Waals surface area contributed by atoms with Crippen LogP contribution < -0.4 is 10.6 Å². The van der Waals surface area contributed by atoms with E-state index in [2.05, 4.69) is 46.8 Å². The molecule has 0 aliphatic rings. The molecule has 5 heteroatoms. The minimum Gasteiger partial charge on any atom is -0.388 e. The van der Waals surface area contributed by atoms with Gasteiger partial charge in [0.15, 0.2) is 5.96 Å². The van der Waals surface area contributed by atoms with Crippen LogP contribution in [0.2, 0.25) is 0 Å². The summed E-state index contributed by atoms with van der Waals surface area (Å²) >= 11 is 0. The molecule has 0 amide bonds. The van der Waals surface area contributed by atoms with E-state index in [4.69, 9.17) is 0 Å². The molecule has 1 atom stereocenters. The average molecular weight is 433 g/mol. The third kappa shape index (κ3) is 8.01. The van der Waals surface area contributed by atoms with E-state index in [9.17, 15) is 5.11 Å². The molecule has 1 aromatic rings. The molecule has 1 unspecified atom stereocenters.